The minimum absolute atomic E-state index is 0.178. The molecule has 6 fully saturated rings. The van der Waals surface area contributed by atoms with Gasteiger partial charge in [-0.05, 0) is 122 Å². The smallest absolute Gasteiger partial charge is 0.469 e. The number of aromatic nitrogens is 2. The van der Waals surface area contributed by atoms with Crippen LogP contribution < -0.4 is 9.47 Å². The summed E-state index contributed by atoms with van der Waals surface area (Å²) in [6.07, 6.45) is 10.00. The zero-order valence-corrected chi connectivity index (χ0v) is 34.1. The molecule has 15 heteroatoms. The molecule has 0 spiro atoms. The van der Waals surface area contributed by atoms with E-state index in [0.717, 1.165) is 83.5 Å². The molecule has 4 bridgehead atoms. The summed E-state index contributed by atoms with van der Waals surface area (Å²) in [5.74, 6) is 4.01. The molecular formula is C43H57N4O10P. The number of phosphoric ester groups is 1. The lowest BCUT2D eigenvalue weighted by atomic mass is 9.73. The first kappa shape index (κ1) is 43.8. The number of methoxy groups -OCH3 is 2. The van der Waals surface area contributed by atoms with Crippen molar-refractivity contribution >= 4 is 29.6 Å². The highest BCUT2D eigenvalue weighted by molar-refractivity contribution is 7.46. The van der Waals surface area contributed by atoms with Crippen molar-refractivity contribution in [2.75, 3.05) is 53.6 Å². The molecule has 11 atom stereocenters. The van der Waals surface area contributed by atoms with Crippen LogP contribution in [0.25, 0.3) is 21.8 Å². The van der Waals surface area contributed by atoms with Gasteiger partial charge < -0.3 is 39.7 Å². The molecule has 58 heavy (non-hydrogen) atoms. The average Bonchev–Trinajstić information content (AvgIpc) is 3.27. The molecule has 4 aromatic rings. The number of piperidine rings is 6. The lowest BCUT2D eigenvalue weighted by molar-refractivity contribution is -0.0445. The second-order valence-electron chi connectivity index (χ2n) is 15.6. The third kappa shape index (κ3) is 10.1. The van der Waals surface area contributed by atoms with Gasteiger partial charge in [-0.2, -0.15) is 0 Å². The number of phosphoric acid groups is 1. The molecule has 6 N–H and O–H groups in total. The van der Waals surface area contributed by atoms with Crippen molar-refractivity contribution in [2.45, 2.75) is 56.1 Å². The van der Waals surface area contributed by atoms with Crippen LogP contribution in [0.4, 0.5) is 0 Å². The van der Waals surface area contributed by atoms with Crippen LogP contribution in [0.5, 0.6) is 11.5 Å². The van der Waals surface area contributed by atoms with E-state index in [0.29, 0.717) is 23.7 Å². The number of ether oxygens (including phenoxy) is 2. The van der Waals surface area contributed by atoms with Crippen LogP contribution in [0.2, 0.25) is 0 Å². The molecule has 8 heterocycles. The van der Waals surface area contributed by atoms with E-state index in [4.69, 9.17) is 29.5 Å². The molecule has 0 saturated carbocycles. The number of rotatable bonds is 12. The third-order valence-corrected chi connectivity index (χ3v) is 12.8. The summed E-state index contributed by atoms with van der Waals surface area (Å²) in [7, 11) is -1.18. The minimum atomic E-state index is -4.50. The molecule has 6 saturated heterocycles. The summed E-state index contributed by atoms with van der Waals surface area (Å²) >= 11 is 0. The number of benzene rings is 2. The number of aliphatic hydroxyl groups is 4. The van der Waals surface area contributed by atoms with Crippen LogP contribution in [0.15, 0.2) is 86.2 Å². The van der Waals surface area contributed by atoms with E-state index in [1.807, 2.05) is 48.5 Å². The Labute approximate surface area is 339 Å². The predicted molar refractivity (Wildman–Crippen MR) is 221 cm³/mol. The average molecular weight is 821 g/mol. The summed E-state index contributed by atoms with van der Waals surface area (Å²) in [6, 6.07) is 15.9. The Hall–Kier alpha value is -3.79. The molecule has 314 valence electrons. The summed E-state index contributed by atoms with van der Waals surface area (Å²) in [5.41, 5.74) is 3.69. The van der Waals surface area contributed by atoms with Crippen LogP contribution in [0, 0.1) is 23.7 Å². The van der Waals surface area contributed by atoms with Gasteiger partial charge >= 0.3 is 7.82 Å². The zero-order valence-electron chi connectivity index (χ0n) is 33.2. The van der Waals surface area contributed by atoms with Crippen molar-refractivity contribution in [2.24, 2.45) is 23.7 Å². The predicted octanol–water partition coefficient (Wildman–Crippen LogP) is 4.80. The number of aliphatic hydroxyl groups excluding tert-OH is 4. The van der Waals surface area contributed by atoms with E-state index in [1.54, 1.807) is 26.6 Å². The van der Waals surface area contributed by atoms with Gasteiger partial charge in [0.15, 0.2) is 0 Å². The van der Waals surface area contributed by atoms with Crippen molar-refractivity contribution in [3.8, 4) is 11.5 Å². The normalized spacial score (nSPS) is 27.7. The summed E-state index contributed by atoms with van der Waals surface area (Å²) in [4.78, 5) is 29.8. The van der Waals surface area contributed by atoms with Crippen molar-refractivity contribution in [1.29, 1.82) is 0 Å². The number of fused-ring (bicyclic) bond motifs is 8. The molecule has 2 aromatic heterocycles. The minimum Gasteiger partial charge on any atom is -0.497 e. The lowest BCUT2D eigenvalue weighted by Crippen LogP contribution is -2.54. The molecule has 6 aliphatic heterocycles. The van der Waals surface area contributed by atoms with Crippen molar-refractivity contribution in [3.05, 3.63) is 97.4 Å². The highest BCUT2D eigenvalue weighted by atomic mass is 31.2. The van der Waals surface area contributed by atoms with E-state index in [-0.39, 0.29) is 12.1 Å². The number of pyridine rings is 2. The van der Waals surface area contributed by atoms with E-state index in [9.17, 15) is 14.8 Å². The largest absolute Gasteiger partial charge is 0.497 e. The van der Waals surface area contributed by atoms with Gasteiger partial charge in [0.2, 0.25) is 0 Å². The fourth-order valence-electron chi connectivity index (χ4n) is 9.12. The Kier molecular flexibility index (Phi) is 14.7. The first-order valence-corrected chi connectivity index (χ1v) is 21.3. The third-order valence-electron chi connectivity index (χ3n) is 12.3. The quantitative estimate of drug-likeness (QED) is 0.0842. The van der Waals surface area contributed by atoms with E-state index in [1.165, 1.54) is 12.8 Å². The zero-order chi connectivity index (χ0) is 41.6. The number of hydrogen-bond acceptors (Lipinski definition) is 12. The van der Waals surface area contributed by atoms with Gasteiger partial charge in [-0.25, -0.2) is 4.57 Å². The molecule has 0 amide bonds. The molecule has 0 aliphatic carbocycles. The Morgan fingerprint density at radius 3 is 1.57 bits per heavy atom. The SMILES string of the molecule is C=C[C@H]1CN2CC[C@H]1C[C@H]2[C@H](O)c1ccnc2ccc(OC)cc12.C=C[C@H]1CN2CC[C@H]1C[C@H]2[C@H](O)c1ccnc2ccc(OC)cc12.O=P(O)(O)OCC(O)CO. The first-order chi connectivity index (χ1) is 27.9. The molecule has 3 unspecified atom stereocenters. The van der Waals surface area contributed by atoms with Crippen LogP contribution in [0.1, 0.15) is 49.0 Å². The Bertz CT molecular complexity index is 1940. The highest BCUT2D eigenvalue weighted by Crippen LogP contribution is 2.44. The van der Waals surface area contributed by atoms with Crippen LogP contribution in [0.3, 0.4) is 0 Å². The van der Waals surface area contributed by atoms with Gasteiger partial charge in [0, 0.05) is 48.3 Å². The number of hydrogen-bond donors (Lipinski definition) is 6. The summed E-state index contributed by atoms with van der Waals surface area (Å²) < 4.78 is 24.5. The van der Waals surface area contributed by atoms with Gasteiger partial charge in [0.1, 0.15) is 17.6 Å². The van der Waals surface area contributed by atoms with Crippen molar-refractivity contribution in [1.82, 2.24) is 19.8 Å². The molecular weight excluding hydrogens is 763 g/mol. The Morgan fingerprint density at radius 2 is 1.22 bits per heavy atom. The van der Waals surface area contributed by atoms with Crippen LogP contribution in [-0.4, -0.2) is 122 Å². The molecule has 0 radical (unpaired) electrons. The molecule has 10 rings (SSSR count). The monoisotopic (exact) mass is 820 g/mol. The van der Waals surface area contributed by atoms with Gasteiger partial charge in [0.05, 0.1) is 50.7 Å². The first-order valence-electron chi connectivity index (χ1n) is 19.8. The van der Waals surface area contributed by atoms with E-state index < -0.39 is 39.3 Å². The van der Waals surface area contributed by atoms with Gasteiger partial charge in [0.25, 0.3) is 0 Å². The molecule has 14 nitrogen and oxygen atoms in total. The number of nitrogens with zero attached hydrogens (tertiary/aromatic N) is 4. The van der Waals surface area contributed by atoms with E-state index >= 15 is 0 Å². The van der Waals surface area contributed by atoms with Crippen LogP contribution >= 0.6 is 7.82 Å². The maximum absolute atomic E-state index is 11.2. The highest BCUT2D eigenvalue weighted by Gasteiger charge is 2.43. The lowest BCUT2D eigenvalue weighted by Gasteiger charge is -2.50. The molecule has 2 aromatic carbocycles. The van der Waals surface area contributed by atoms with Crippen LogP contribution in [-0.2, 0) is 9.09 Å². The topological polar surface area (TPSA) is 198 Å². The van der Waals surface area contributed by atoms with Gasteiger partial charge in [-0.15, -0.1) is 13.2 Å². The Balaban J connectivity index is 0.000000160. The second kappa shape index (κ2) is 19.5. The summed E-state index contributed by atoms with van der Waals surface area (Å²) in [6.45, 7) is 11.0. The van der Waals surface area contributed by atoms with Gasteiger partial charge in [-0.1, -0.05) is 12.2 Å². The summed E-state index contributed by atoms with van der Waals surface area (Å²) in [5, 5.41) is 40.9. The Morgan fingerprint density at radius 1 is 0.776 bits per heavy atom. The maximum Gasteiger partial charge on any atom is 0.469 e. The fraction of sp³-hybridized carbons (Fsp3) is 0.488. The maximum atomic E-state index is 11.2. The van der Waals surface area contributed by atoms with Gasteiger partial charge in [-0.3, -0.25) is 24.3 Å². The van der Waals surface area contributed by atoms with Crippen molar-refractivity contribution < 1.29 is 48.8 Å². The second-order valence-corrected chi connectivity index (χ2v) is 16.8. The standard InChI is InChI=1S/2C20H24N2O2.C3H9O6P/c2*1-3-13-12-22-9-7-14(13)10-19(22)20(23)16-6-8-21-18-5-4-15(24-2)11-17(16)18;4-1-3(5)2-9-10(6,7)8/h2*3-6,8,11,13-14,19-20,23H,1,7,9-10,12H2,2H3;3-5H,1-2H2,(H2,6,7,8)/t2*13-,14-,19-,20+;/m00./s1. The fourth-order valence-corrected chi connectivity index (χ4v) is 9.49. The molecule has 6 aliphatic rings. The van der Waals surface area contributed by atoms with E-state index in [2.05, 4.69) is 49.6 Å². The van der Waals surface area contributed by atoms with Crippen molar-refractivity contribution in [3.63, 3.8) is 0 Å².